The summed E-state index contributed by atoms with van der Waals surface area (Å²) in [7, 11) is 1.52. The van der Waals surface area contributed by atoms with E-state index in [0.29, 0.717) is 65.1 Å². The second-order valence-electron chi connectivity index (χ2n) is 15.4. The Balaban J connectivity index is 1.11. The van der Waals surface area contributed by atoms with Gasteiger partial charge in [0.15, 0.2) is 5.82 Å². The zero-order valence-corrected chi connectivity index (χ0v) is 31.2. The molecule has 7 heterocycles. The van der Waals surface area contributed by atoms with Crippen molar-refractivity contribution in [3.8, 4) is 17.2 Å². The topological polar surface area (TPSA) is 116 Å². The third-order valence-electron chi connectivity index (χ3n) is 11.2. The number of carbonyl (C=O) groups is 1. The molecule has 1 fully saturated rings. The highest BCUT2D eigenvalue weighted by Crippen LogP contribution is 2.37. The molecule has 0 spiro atoms. The van der Waals surface area contributed by atoms with E-state index in [1.807, 2.05) is 12.1 Å². The van der Waals surface area contributed by atoms with Gasteiger partial charge in [-0.05, 0) is 99.5 Å². The lowest BCUT2D eigenvalue weighted by molar-refractivity contribution is -0.0592. The van der Waals surface area contributed by atoms with Crippen LogP contribution >= 0.6 is 0 Å². The van der Waals surface area contributed by atoms with E-state index in [2.05, 4.69) is 31.0 Å². The summed E-state index contributed by atoms with van der Waals surface area (Å²) in [5.41, 5.74) is 4.05. The SMILES string of the molecule is Cc1cc(-n2nc3c(c2-n2ccn(-c4ccn5c(cc(=O)n5C)c4F)c2=O)CN(C(=O)c2cc4cc([C@H]5CCOC(C)(C)C5)ccc4[nH]2)CC3)cc(C)c1F. The van der Waals surface area contributed by atoms with Gasteiger partial charge >= 0.3 is 5.69 Å². The minimum Gasteiger partial charge on any atom is -0.376 e. The Hall–Kier alpha value is -6.02. The maximum Gasteiger partial charge on any atom is 0.338 e. The van der Waals surface area contributed by atoms with Crippen LogP contribution in [0.2, 0.25) is 0 Å². The van der Waals surface area contributed by atoms with Crippen LogP contribution in [-0.2, 0) is 24.8 Å². The lowest BCUT2D eigenvalue weighted by Gasteiger charge is -2.35. The summed E-state index contributed by atoms with van der Waals surface area (Å²) >= 11 is 0. The van der Waals surface area contributed by atoms with Gasteiger partial charge in [0.05, 0.1) is 29.2 Å². The second kappa shape index (κ2) is 12.5. The Morgan fingerprint density at radius 1 is 0.964 bits per heavy atom. The molecule has 0 radical (unpaired) electrons. The first-order valence-electron chi connectivity index (χ1n) is 18.4. The van der Waals surface area contributed by atoms with E-state index in [9.17, 15) is 18.8 Å². The Kier molecular flexibility index (Phi) is 7.90. The molecular formula is C41H40F2N8O4. The zero-order valence-electron chi connectivity index (χ0n) is 31.2. The number of halogens is 2. The molecule has 7 aromatic rings. The number of H-pyrrole nitrogens is 1. The van der Waals surface area contributed by atoms with Crippen molar-refractivity contribution in [3.05, 3.63) is 133 Å². The Labute approximate surface area is 313 Å². The van der Waals surface area contributed by atoms with Crippen molar-refractivity contribution in [2.45, 2.75) is 65.0 Å². The molecule has 55 heavy (non-hydrogen) atoms. The highest BCUT2D eigenvalue weighted by atomic mass is 19.1. The molecule has 0 aliphatic carbocycles. The van der Waals surface area contributed by atoms with Crippen molar-refractivity contribution in [3.63, 3.8) is 0 Å². The number of pyridine rings is 1. The Morgan fingerprint density at radius 3 is 2.49 bits per heavy atom. The monoisotopic (exact) mass is 746 g/mol. The van der Waals surface area contributed by atoms with Crippen LogP contribution in [0, 0.1) is 25.5 Å². The first-order chi connectivity index (χ1) is 26.3. The maximum absolute atomic E-state index is 15.9. The molecule has 12 nitrogen and oxygen atoms in total. The molecule has 2 aliphatic heterocycles. The fraction of sp³-hybridized carbons (Fsp3) is 0.317. The van der Waals surface area contributed by atoms with Crippen LogP contribution in [0.25, 0.3) is 33.6 Å². The summed E-state index contributed by atoms with van der Waals surface area (Å²) in [4.78, 5) is 45.8. The first kappa shape index (κ1) is 34.7. The van der Waals surface area contributed by atoms with Crippen molar-refractivity contribution in [2.24, 2.45) is 7.05 Å². The number of aromatic amines is 1. The first-order valence-corrected chi connectivity index (χ1v) is 18.4. The Bertz CT molecular complexity index is 2810. The van der Waals surface area contributed by atoms with Crippen LogP contribution in [-0.4, -0.2) is 62.7 Å². The lowest BCUT2D eigenvalue weighted by Crippen LogP contribution is -2.36. The highest BCUT2D eigenvalue weighted by molar-refractivity contribution is 5.98. The summed E-state index contributed by atoms with van der Waals surface area (Å²) in [6.45, 7) is 8.81. The average molecular weight is 747 g/mol. The molecule has 0 bridgehead atoms. The summed E-state index contributed by atoms with van der Waals surface area (Å²) in [5, 5.41) is 5.88. The molecular weight excluding hydrogens is 706 g/mol. The maximum atomic E-state index is 15.9. The lowest BCUT2D eigenvalue weighted by atomic mass is 9.83. The smallest absolute Gasteiger partial charge is 0.338 e. The van der Waals surface area contributed by atoms with Crippen molar-refractivity contribution in [2.75, 3.05) is 13.2 Å². The molecule has 2 aromatic carbocycles. The molecule has 1 N–H and O–H groups in total. The van der Waals surface area contributed by atoms with Crippen LogP contribution < -0.4 is 11.2 Å². The van der Waals surface area contributed by atoms with Crippen molar-refractivity contribution in [1.82, 2.24) is 38.0 Å². The van der Waals surface area contributed by atoms with Crippen LogP contribution in [0.15, 0.2) is 76.7 Å². The molecule has 2 aliphatic rings. The summed E-state index contributed by atoms with van der Waals surface area (Å²) in [6.07, 6.45) is 6.77. The van der Waals surface area contributed by atoms with Crippen molar-refractivity contribution in [1.29, 1.82) is 0 Å². The molecule has 1 amide bonds. The summed E-state index contributed by atoms with van der Waals surface area (Å²) < 4.78 is 43.5. The number of fused-ring (bicyclic) bond motifs is 3. The standard InChI is InChI=1S/C41H40F2N8O4/c1-23-16-28(17-24(2)36(23)42)51-38(49-14-13-48(40(49)54)33-9-12-50-34(37(33)43)20-35(52)46(50)5)29-22-47(11-8-31(29)45-51)39(53)32-19-27-18-25(6-7-30(27)44-32)26-10-15-55-41(3,4)21-26/h6-7,9,12-14,16-20,26,44H,8,10-11,15,21-22H2,1-5H3/t26-/m0/s1. The third-order valence-corrected chi connectivity index (χ3v) is 11.2. The van der Waals surface area contributed by atoms with Crippen molar-refractivity contribution < 1.29 is 18.3 Å². The number of hydrogen-bond donors (Lipinski definition) is 1. The van der Waals surface area contributed by atoms with Crippen LogP contribution in [0.3, 0.4) is 0 Å². The van der Waals surface area contributed by atoms with Gasteiger partial charge in [0, 0.05) is 67.7 Å². The van der Waals surface area contributed by atoms with Crippen molar-refractivity contribution >= 4 is 22.3 Å². The van der Waals surface area contributed by atoms with Gasteiger partial charge < -0.3 is 14.6 Å². The van der Waals surface area contributed by atoms with E-state index in [1.165, 1.54) is 61.7 Å². The van der Waals surface area contributed by atoms with Gasteiger partial charge in [0.2, 0.25) is 0 Å². The molecule has 9 rings (SSSR count). The van der Waals surface area contributed by atoms with E-state index in [4.69, 9.17) is 9.84 Å². The number of rotatable bonds is 5. The van der Waals surface area contributed by atoms with Gasteiger partial charge in [-0.1, -0.05) is 6.07 Å². The molecule has 0 unspecified atom stereocenters. The van der Waals surface area contributed by atoms with Gasteiger partial charge in [-0.15, -0.1) is 0 Å². The van der Waals surface area contributed by atoms with Gasteiger partial charge in [-0.3, -0.25) is 23.2 Å². The molecule has 5 aromatic heterocycles. The predicted octanol–water partition coefficient (Wildman–Crippen LogP) is 6.01. The number of amides is 1. The number of nitrogens with one attached hydrogen (secondary N) is 1. The van der Waals surface area contributed by atoms with Gasteiger partial charge in [-0.25, -0.2) is 22.9 Å². The molecule has 14 heteroatoms. The summed E-state index contributed by atoms with van der Waals surface area (Å²) in [5.74, 6) is -0.540. The van der Waals surface area contributed by atoms with E-state index < -0.39 is 17.1 Å². The van der Waals surface area contributed by atoms with E-state index in [-0.39, 0.29) is 35.1 Å². The quantitative estimate of drug-likeness (QED) is 0.232. The van der Waals surface area contributed by atoms with Gasteiger partial charge in [-0.2, -0.15) is 5.10 Å². The second-order valence-corrected chi connectivity index (χ2v) is 15.4. The summed E-state index contributed by atoms with van der Waals surface area (Å²) in [6, 6.07) is 14.1. The van der Waals surface area contributed by atoms with Crippen LogP contribution in [0.5, 0.6) is 0 Å². The van der Waals surface area contributed by atoms with E-state index >= 15 is 4.39 Å². The molecule has 1 atom stereocenters. The normalized spacial score (nSPS) is 17.0. The van der Waals surface area contributed by atoms with Gasteiger partial charge in [0.25, 0.3) is 11.5 Å². The zero-order chi connectivity index (χ0) is 38.5. The third kappa shape index (κ3) is 5.65. The fourth-order valence-electron chi connectivity index (χ4n) is 8.35. The number of nitrogens with zero attached hydrogens (tertiary/aromatic N) is 7. The molecule has 1 saturated heterocycles. The molecule has 282 valence electrons. The molecule has 0 saturated carbocycles. The van der Waals surface area contributed by atoms with E-state index in [0.717, 1.165) is 23.7 Å². The number of carbonyl (C=O) groups excluding carboxylic acids is 1. The minimum absolute atomic E-state index is 0.0271. The van der Waals surface area contributed by atoms with Crippen LogP contribution in [0.4, 0.5) is 8.78 Å². The number of hydrogen-bond acceptors (Lipinski definition) is 5. The average Bonchev–Trinajstić information content (AvgIpc) is 3.92. The van der Waals surface area contributed by atoms with Gasteiger partial charge in [0.1, 0.15) is 22.8 Å². The van der Waals surface area contributed by atoms with Crippen LogP contribution in [0.1, 0.15) is 71.0 Å². The highest BCUT2D eigenvalue weighted by Gasteiger charge is 2.32. The largest absolute Gasteiger partial charge is 0.376 e. The van der Waals surface area contributed by atoms with E-state index in [1.54, 1.807) is 35.6 Å². The Morgan fingerprint density at radius 2 is 1.73 bits per heavy atom. The number of ether oxygens (including phenoxy) is 1. The number of benzene rings is 2. The minimum atomic E-state index is -0.737. The fourth-order valence-corrected chi connectivity index (χ4v) is 8.35. The number of aryl methyl sites for hydroxylation is 3. The number of imidazole rings is 1. The number of aromatic nitrogens is 7. The predicted molar refractivity (Wildman–Crippen MR) is 203 cm³/mol.